The molecule has 0 fully saturated rings. The summed E-state index contributed by atoms with van der Waals surface area (Å²) in [5.74, 6) is -0.200. The minimum atomic E-state index is -1.72. The Hall–Kier alpha value is -3.73. The number of nitrogens with zero attached hydrogens (tertiary/aromatic N) is 3. The Labute approximate surface area is 189 Å². The van der Waals surface area contributed by atoms with E-state index < -0.39 is 17.2 Å². The smallest absolute Gasteiger partial charge is 0.194 e. The predicted molar refractivity (Wildman–Crippen MR) is 113 cm³/mol. The average Bonchev–Trinajstić information content (AvgIpc) is 3.26. The molecule has 160 valence electrons. The molecule has 1 aromatic carbocycles. The quantitative estimate of drug-likeness (QED) is 0.682. The molecule has 2 aliphatic rings. The van der Waals surface area contributed by atoms with Crippen LogP contribution in [0.25, 0.3) is 0 Å². The van der Waals surface area contributed by atoms with Gasteiger partial charge in [0.15, 0.2) is 5.41 Å². The van der Waals surface area contributed by atoms with E-state index in [0.717, 1.165) is 24.5 Å². The van der Waals surface area contributed by atoms with Crippen LogP contribution in [0.1, 0.15) is 36.7 Å². The van der Waals surface area contributed by atoms with E-state index in [4.69, 9.17) is 26.5 Å². The highest BCUT2D eigenvalue weighted by molar-refractivity contribution is 6.32. The Morgan fingerprint density at radius 2 is 2.00 bits per heavy atom. The number of rotatable bonds is 4. The molecule has 2 atom stereocenters. The zero-order valence-electron chi connectivity index (χ0n) is 16.9. The van der Waals surface area contributed by atoms with Gasteiger partial charge in [-0.3, -0.25) is 0 Å². The second kappa shape index (κ2) is 8.42. The molecule has 0 amide bonds. The summed E-state index contributed by atoms with van der Waals surface area (Å²) < 4.78 is 24.9. The summed E-state index contributed by atoms with van der Waals surface area (Å²) in [6.45, 7) is 0.0201. The zero-order chi connectivity index (χ0) is 22.9. The standard InChI is InChI=1S/C24H18ClFN4O2/c25-19-9-14(26)5-7-20(19)31-11-15-6-8-21(32-15)22-17-4-2-1-3-16(17)18(10-27)23(30)24(22,12-28)13-29/h3,5-9,17,22H,1-2,4,11,30H2/t17-,22+/m1/s1. The Balaban J connectivity index is 1.70. The number of benzene rings is 1. The highest BCUT2D eigenvalue weighted by Gasteiger charge is 2.55. The van der Waals surface area contributed by atoms with Gasteiger partial charge in [0.05, 0.1) is 34.3 Å². The van der Waals surface area contributed by atoms with Gasteiger partial charge in [0.25, 0.3) is 0 Å². The van der Waals surface area contributed by atoms with E-state index in [2.05, 4.69) is 18.2 Å². The normalized spacial score (nSPS) is 21.5. The molecule has 2 aliphatic carbocycles. The van der Waals surface area contributed by atoms with E-state index in [9.17, 15) is 20.2 Å². The molecule has 8 heteroatoms. The van der Waals surface area contributed by atoms with Gasteiger partial charge >= 0.3 is 0 Å². The molecule has 0 unspecified atom stereocenters. The minimum Gasteiger partial charge on any atom is -0.484 e. The highest BCUT2D eigenvalue weighted by Crippen LogP contribution is 2.56. The van der Waals surface area contributed by atoms with Gasteiger partial charge in [-0.2, -0.15) is 15.8 Å². The number of fused-ring (bicyclic) bond motifs is 1. The molecule has 0 saturated carbocycles. The van der Waals surface area contributed by atoms with Crippen molar-refractivity contribution in [2.45, 2.75) is 31.8 Å². The van der Waals surface area contributed by atoms with Crippen molar-refractivity contribution in [3.8, 4) is 24.0 Å². The van der Waals surface area contributed by atoms with Crippen LogP contribution in [-0.2, 0) is 6.61 Å². The Bertz CT molecular complexity index is 1240. The van der Waals surface area contributed by atoms with Crippen LogP contribution in [0.3, 0.4) is 0 Å². The molecule has 0 aliphatic heterocycles. The number of furan rings is 1. The molecule has 32 heavy (non-hydrogen) atoms. The van der Waals surface area contributed by atoms with Crippen LogP contribution < -0.4 is 10.5 Å². The number of hydrogen-bond acceptors (Lipinski definition) is 6. The van der Waals surface area contributed by atoms with Crippen molar-refractivity contribution >= 4 is 11.6 Å². The Morgan fingerprint density at radius 3 is 2.69 bits per heavy atom. The van der Waals surface area contributed by atoms with Crippen molar-refractivity contribution in [2.24, 2.45) is 17.1 Å². The molecule has 4 rings (SSSR count). The second-order valence-corrected chi connectivity index (χ2v) is 8.18. The fourth-order valence-corrected chi connectivity index (χ4v) is 4.78. The molecule has 2 aromatic rings. The molecule has 6 nitrogen and oxygen atoms in total. The Morgan fingerprint density at radius 1 is 1.22 bits per heavy atom. The summed E-state index contributed by atoms with van der Waals surface area (Å²) in [5, 5.41) is 29.9. The van der Waals surface area contributed by atoms with E-state index in [1.54, 1.807) is 12.1 Å². The van der Waals surface area contributed by atoms with E-state index in [0.29, 0.717) is 23.7 Å². The topological polar surface area (TPSA) is 120 Å². The molecule has 0 saturated heterocycles. The van der Waals surface area contributed by atoms with Crippen molar-refractivity contribution in [3.05, 3.63) is 75.6 Å². The third-order valence-corrected chi connectivity index (χ3v) is 6.35. The van der Waals surface area contributed by atoms with Crippen molar-refractivity contribution in [3.63, 3.8) is 0 Å². The van der Waals surface area contributed by atoms with E-state index in [-0.39, 0.29) is 28.8 Å². The molecular formula is C24H18ClFN4O2. The average molecular weight is 449 g/mol. The third kappa shape index (κ3) is 3.40. The van der Waals surface area contributed by atoms with Crippen LogP contribution >= 0.6 is 11.6 Å². The van der Waals surface area contributed by atoms with Crippen LogP contribution in [-0.4, -0.2) is 0 Å². The first-order chi connectivity index (χ1) is 15.4. The Kier molecular flexibility index (Phi) is 5.66. The van der Waals surface area contributed by atoms with Gasteiger partial charge < -0.3 is 14.9 Å². The maximum Gasteiger partial charge on any atom is 0.194 e. The van der Waals surface area contributed by atoms with Crippen molar-refractivity contribution in [2.75, 3.05) is 0 Å². The van der Waals surface area contributed by atoms with Crippen LogP contribution in [0.15, 0.2) is 57.7 Å². The molecule has 0 spiro atoms. The maximum atomic E-state index is 13.2. The number of halogens is 2. The summed E-state index contributed by atoms with van der Waals surface area (Å²) in [6.07, 6.45) is 4.35. The lowest BCUT2D eigenvalue weighted by Crippen LogP contribution is -2.42. The summed E-state index contributed by atoms with van der Waals surface area (Å²) in [7, 11) is 0. The summed E-state index contributed by atoms with van der Waals surface area (Å²) in [5.41, 5.74) is 5.49. The monoisotopic (exact) mass is 448 g/mol. The summed E-state index contributed by atoms with van der Waals surface area (Å²) in [6, 6.07) is 13.5. The van der Waals surface area contributed by atoms with Crippen LogP contribution in [0, 0.1) is 51.1 Å². The lowest BCUT2D eigenvalue weighted by Gasteiger charge is -2.42. The van der Waals surface area contributed by atoms with Crippen LogP contribution in [0.2, 0.25) is 5.02 Å². The first-order valence-electron chi connectivity index (χ1n) is 10.0. The van der Waals surface area contributed by atoms with Gasteiger partial charge in [-0.1, -0.05) is 17.7 Å². The summed E-state index contributed by atoms with van der Waals surface area (Å²) in [4.78, 5) is 0. The fraction of sp³-hybridized carbons (Fsp3) is 0.292. The number of nitriles is 3. The SMILES string of the molecule is N#CC1=C(N)C(C#N)(C#N)[C@H](c2ccc(COc3ccc(F)cc3Cl)o2)[C@@H]2CCCC=C12. The van der Waals surface area contributed by atoms with Gasteiger partial charge in [0.2, 0.25) is 0 Å². The fourth-order valence-electron chi connectivity index (χ4n) is 4.56. The molecule has 1 aromatic heterocycles. The molecule has 0 radical (unpaired) electrons. The molecular weight excluding hydrogens is 431 g/mol. The maximum absolute atomic E-state index is 13.2. The molecule has 1 heterocycles. The van der Waals surface area contributed by atoms with Gasteiger partial charge in [0.1, 0.15) is 35.8 Å². The van der Waals surface area contributed by atoms with E-state index >= 15 is 0 Å². The first kappa shape index (κ1) is 21.5. The second-order valence-electron chi connectivity index (χ2n) is 7.77. The van der Waals surface area contributed by atoms with Crippen molar-refractivity contribution < 1.29 is 13.5 Å². The molecule has 2 N–H and O–H groups in total. The predicted octanol–water partition coefficient (Wildman–Crippen LogP) is 5.24. The van der Waals surface area contributed by atoms with Gasteiger partial charge in [0, 0.05) is 0 Å². The van der Waals surface area contributed by atoms with Crippen LogP contribution in [0.5, 0.6) is 5.75 Å². The van der Waals surface area contributed by atoms with Crippen LogP contribution in [0.4, 0.5) is 4.39 Å². The van der Waals surface area contributed by atoms with Gasteiger partial charge in [-0.05, 0) is 61.1 Å². The third-order valence-electron chi connectivity index (χ3n) is 6.05. The lowest BCUT2D eigenvalue weighted by atomic mass is 9.58. The minimum absolute atomic E-state index is 0.0201. The first-order valence-corrected chi connectivity index (χ1v) is 10.4. The highest BCUT2D eigenvalue weighted by atomic mass is 35.5. The number of allylic oxidation sites excluding steroid dienone is 4. The lowest BCUT2D eigenvalue weighted by molar-refractivity contribution is 0.238. The summed E-state index contributed by atoms with van der Waals surface area (Å²) >= 11 is 6.00. The van der Waals surface area contributed by atoms with Crippen molar-refractivity contribution in [1.29, 1.82) is 15.8 Å². The van der Waals surface area contributed by atoms with E-state index in [1.165, 1.54) is 12.1 Å². The van der Waals surface area contributed by atoms with Gasteiger partial charge in [-0.15, -0.1) is 0 Å². The largest absolute Gasteiger partial charge is 0.484 e. The number of ether oxygens (including phenoxy) is 1. The van der Waals surface area contributed by atoms with Gasteiger partial charge in [-0.25, -0.2) is 4.39 Å². The zero-order valence-corrected chi connectivity index (χ0v) is 17.7. The molecule has 0 bridgehead atoms. The number of hydrogen-bond donors (Lipinski definition) is 1. The number of nitrogens with two attached hydrogens (primary N) is 1. The van der Waals surface area contributed by atoms with E-state index in [1.807, 2.05) is 6.08 Å². The van der Waals surface area contributed by atoms with Crippen molar-refractivity contribution in [1.82, 2.24) is 0 Å².